The van der Waals surface area contributed by atoms with Crippen LogP contribution < -0.4 is 0 Å². The summed E-state index contributed by atoms with van der Waals surface area (Å²) in [6.45, 7) is 2.69. The average Bonchev–Trinajstić information content (AvgIpc) is 2.64. The normalized spacial score (nSPS) is 19.9. The van der Waals surface area contributed by atoms with Crippen LogP contribution in [0.2, 0.25) is 0 Å². The molecule has 0 unspecified atom stereocenters. The quantitative estimate of drug-likeness (QED) is 0.782. The molecule has 124 valence electrons. The van der Waals surface area contributed by atoms with Crippen LogP contribution in [0.25, 0.3) is 0 Å². The van der Waals surface area contributed by atoms with Crippen molar-refractivity contribution in [2.75, 3.05) is 26.3 Å². The topological polar surface area (TPSA) is 38.8 Å². The lowest BCUT2D eigenvalue weighted by molar-refractivity contribution is -0.152. The molecular formula is C19H25NO3. The van der Waals surface area contributed by atoms with Crippen LogP contribution in [-0.4, -0.2) is 37.2 Å². The van der Waals surface area contributed by atoms with Gasteiger partial charge in [-0.2, -0.15) is 0 Å². The van der Waals surface area contributed by atoms with Crippen molar-refractivity contribution < 1.29 is 14.3 Å². The minimum atomic E-state index is -0.444. The summed E-state index contributed by atoms with van der Waals surface area (Å²) in [4.78, 5) is 15.0. The van der Waals surface area contributed by atoms with E-state index in [0.29, 0.717) is 13.2 Å². The number of hydrogen-bond acceptors (Lipinski definition) is 4. The van der Waals surface area contributed by atoms with E-state index in [1.54, 1.807) is 6.26 Å². The highest BCUT2D eigenvalue weighted by Gasteiger charge is 2.42. The maximum absolute atomic E-state index is 12.9. The van der Waals surface area contributed by atoms with Gasteiger partial charge in [0.1, 0.15) is 13.2 Å². The molecule has 0 amide bonds. The average molecular weight is 315 g/mol. The molecule has 0 atom stereocenters. The van der Waals surface area contributed by atoms with E-state index in [0.717, 1.165) is 44.3 Å². The van der Waals surface area contributed by atoms with Gasteiger partial charge >= 0.3 is 5.97 Å². The molecule has 1 aliphatic heterocycles. The number of carbonyl (C=O) groups excluding carboxylic acids is 1. The van der Waals surface area contributed by atoms with Crippen molar-refractivity contribution in [3.8, 4) is 0 Å². The maximum atomic E-state index is 12.9. The minimum Gasteiger partial charge on any atom is -0.498 e. The zero-order chi connectivity index (χ0) is 16.0. The first kappa shape index (κ1) is 15.9. The molecular weight excluding hydrogens is 290 g/mol. The van der Waals surface area contributed by atoms with Gasteiger partial charge in [-0.3, -0.25) is 4.79 Å². The van der Waals surface area contributed by atoms with E-state index in [2.05, 4.69) is 17.0 Å². The Morgan fingerprint density at radius 1 is 1.17 bits per heavy atom. The van der Waals surface area contributed by atoms with Crippen LogP contribution in [0.3, 0.4) is 0 Å². The molecule has 0 radical (unpaired) electrons. The molecule has 4 nitrogen and oxygen atoms in total. The SMILES string of the molecule is O=C(OCCN1C=COCC1)C1(c2ccccc2)CCCCC1. The molecule has 1 aromatic carbocycles. The van der Waals surface area contributed by atoms with Crippen molar-refractivity contribution in [2.45, 2.75) is 37.5 Å². The molecule has 23 heavy (non-hydrogen) atoms. The number of benzene rings is 1. The van der Waals surface area contributed by atoms with Crippen LogP contribution >= 0.6 is 0 Å². The van der Waals surface area contributed by atoms with E-state index in [-0.39, 0.29) is 5.97 Å². The van der Waals surface area contributed by atoms with Gasteiger partial charge in [0, 0.05) is 6.20 Å². The fraction of sp³-hybridized carbons (Fsp3) is 0.526. The van der Waals surface area contributed by atoms with Crippen LogP contribution in [0.4, 0.5) is 0 Å². The zero-order valence-corrected chi connectivity index (χ0v) is 13.6. The molecule has 0 spiro atoms. The van der Waals surface area contributed by atoms with Crippen LogP contribution in [0.1, 0.15) is 37.7 Å². The first-order valence-corrected chi connectivity index (χ1v) is 8.56. The number of nitrogens with zero attached hydrogens (tertiary/aromatic N) is 1. The van der Waals surface area contributed by atoms with Crippen LogP contribution in [0.5, 0.6) is 0 Å². The third kappa shape index (κ3) is 3.69. The third-order valence-corrected chi connectivity index (χ3v) is 4.90. The molecule has 0 bridgehead atoms. The first-order valence-electron chi connectivity index (χ1n) is 8.56. The molecule has 0 saturated heterocycles. The summed E-state index contributed by atoms with van der Waals surface area (Å²) in [6.07, 6.45) is 8.79. The predicted octanol–water partition coefficient (Wildman–Crippen LogP) is 3.24. The minimum absolute atomic E-state index is 0.0550. The van der Waals surface area contributed by atoms with Gasteiger partial charge in [-0.15, -0.1) is 0 Å². The Morgan fingerprint density at radius 3 is 2.65 bits per heavy atom. The third-order valence-electron chi connectivity index (χ3n) is 4.90. The van der Waals surface area contributed by atoms with E-state index in [9.17, 15) is 4.79 Å². The smallest absolute Gasteiger partial charge is 0.316 e. The van der Waals surface area contributed by atoms with Crippen LogP contribution in [0, 0.1) is 0 Å². The van der Waals surface area contributed by atoms with Crippen molar-refractivity contribution in [1.82, 2.24) is 4.90 Å². The van der Waals surface area contributed by atoms with E-state index in [1.165, 1.54) is 6.42 Å². The summed E-state index contributed by atoms with van der Waals surface area (Å²) in [7, 11) is 0. The molecule has 2 aliphatic rings. The summed E-state index contributed by atoms with van der Waals surface area (Å²) >= 11 is 0. The van der Waals surface area contributed by atoms with Crippen molar-refractivity contribution in [3.63, 3.8) is 0 Å². The summed E-state index contributed by atoms with van der Waals surface area (Å²) in [6, 6.07) is 10.2. The van der Waals surface area contributed by atoms with Crippen molar-refractivity contribution in [1.29, 1.82) is 0 Å². The number of esters is 1. The molecule has 3 rings (SSSR count). The van der Waals surface area contributed by atoms with Gasteiger partial charge in [0.15, 0.2) is 0 Å². The molecule has 1 saturated carbocycles. The van der Waals surface area contributed by atoms with Crippen molar-refractivity contribution in [2.24, 2.45) is 0 Å². The summed E-state index contributed by atoms with van der Waals surface area (Å²) in [5.74, 6) is -0.0550. The molecule has 1 aromatic rings. The van der Waals surface area contributed by atoms with E-state index < -0.39 is 5.41 Å². The standard InChI is InChI=1S/C19H25NO3/c21-18(23-16-13-20-11-14-22-15-12-20)19(9-5-2-6-10-19)17-7-3-1-4-8-17/h1,3-4,7-8,11,14H,2,5-6,9-10,12-13,15-16H2. The second kappa shape index (κ2) is 7.53. The maximum Gasteiger partial charge on any atom is 0.316 e. The van der Waals surface area contributed by atoms with Gasteiger partial charge in [0.25, 0.3) is 0 Å². The Balaban J connectivity index is 1.64. The lowest BCUT2D eigenvalue weighted by atomic mass is 9.69. The second-order valence-corrected chi connectivity index (χ2v) is 6.34. The zero-order valence-electron chi connectivity index (χ0n) is 13.6. The number of hydrogen-bond donors (Lipinski definition) is 0. The number of carbonyl (C=O) groups is 1. The van der Waals surface area contributed by atoms with Gasteiger partial charge in [-0.25, -0.2) is 0 Å². The van der Waals surface area contributed by atoms with E-state index in [4.69, 9.17) is 9.47 Å². The Morgan fingerprint density at radius 2 is 1.96 bits per heavy atom. The van der Waals surface area contributed by atoms with Gasteiger partial charge in [0.2, 0.25) is 0 Å². The monoisotopic (exact) mass is 315 g/mol. The lowest BCUT2D eigenvalue weighted by Gasteiger charge is -2.35. The molecule has 4 heteroatoms. The Kier molecular flexibility index (Phi) is 5.21. The van der Waals surface area contributed by atoms with Crippen molar-refractivity contribution in [3.05, 3.63) is 48.4 Å². The highest BCUT2D eigenvalue weighted by molar-refractivity contribution is 5.83. The number of ether oxygens (including phenoxy) is 2. The van der Waals surface area contributed by atoms with Gasteiger partial charge in [0.05, 0.1) is 24.8 Å². The van der Waals surface area contributed by atoms with E-state index in [1.807, 2.05) is 24.4 Å². The second-order valence-electron chi connectivity index (χ2n) is 6.34. The summed E-state index contributed by atoms with van der Waals surface area (Å²) in [5, 5.41) is 0. The van der Waals surface area contributed by atoms with Crippen LogP contribution in [-0.2, 0) is 19.7 Å². The van der Waals surface area contributed by atoms with Gasteiger partial charge in [-0.05, 0) is 18.4 Å². The largest absolute Gasteiger partial charge is 0.498 e. The Bertz CT molecular complexity index is 535. The van der Waals surface area contributed by atoms with Crippen molar-refractivity contribution >= 4 is 5.97 Å². The molecule has 1 fully saturated rings. The lowest BCUT2D eigenvalue weighted by Crippen LogP contribution is -2.40. The fourth-order valence-electron chi connectivity index (χ4n) is 3.54. The highest BCUT2D eigenvalue weighted by atomic mass is 16.5. The summed E-state index contributed by atoms with van der Waals surface area (Å²) < 4.78 is 10.9. The highest BCUT2D eigenvalue weighted by Crippen LogP contribution is 2.40. The predicted molar refractivity (Wildman–Crippen MR) is 88.8 cm³/mol. The molecule has 1 heterocycles. The number of rotatable bonds is 5. The van der Waals surface area contributed by atoms with Crippen LogP contribution in [0.15, 0.2) is 42.8 Å². The summed E-state index contributed by atoms with van der Waals surface area (Å²) in [5.41, 5.74) is 0.663. The van der Waals surface area contributed by atoms with Gasteiger partial charge in [-0.1, -0.05) is 49.6 Å². The molecule has 1 aliphatic carbocycles. The fourth-order valence-corrected chi connectivity index (χ4v) is 3.54. The van der Waals surface area contributed by atoms with E-state index >= 15 is 0 Å². The molecule has 0 N–H and O–H groups in total. The Labute approximate surface area is 138 Å². The first-order chi connectivity index (χ1) is 11.3. The van der Waals surface area contributed by atoms with Gasteiger partial charge < -0.3 is 14.4 Å². The molecule has 0 aromatic heterocycles. The Hall–Kier alpha value is -1.97.